The van der Waals surface area contributed by atoms with Crippen LogP contribution in [0.5, 0.6) is 5.75 Å². The van der Waals surface area contributed by atoms with Gasteiger partial charge in [0.15, 0.2) is 0 Å². The first-order valence-corrected chi connectivity index (χ1v) is 18.3. The van der Waals surface area contributed by atoms with Gasteiger partial charge in [-0.05, 0) is 93.6 Å². The summed E-state index contributed by atoms with van der Waals surface area (Å²) in [6.07, 6.45) is 2.05. The lowest BCUT2D eigenvalue weighted by molar-refractivity contribution is -0.140. The van der Waals surface area contributed by atoms with Crippen LogP contribution < -0.4 is 14.4 Å². The van der Waals surface area contributed by atoms with Gasteiger partial charge in [0.1, 0.15) is 24.2 Å². The highest BCUT2D eigenvalue weighted by molar-refractivity contribution is 7.98. The van der Waals surface area contributed by atoms with Crippen LogP contribution in [0.4, 0.5) is 10.1 Å². The third-order valence-corrected chi connectivity index (χ3v) is 9.91. The van der Waals surface area contributed by atoms with Crippen LogP contribution in [-0.2, 0) is 32.6 Å². The Bertz CT molecular complexity index is 1780. The van der Waals surface area contributed by atoms with E-state index in [9.17, 15) is 22.4 Å². The van der Waals surface area contributed by atoms with E-state index in [2.05, 4.69) is 5.32 Å². The molecule has 0 fully saturated rings. The lowest BCUT2D eigenvalue weighted by atomic mass is 10.0. The molecule has 0 saturated carbocycles. The molecule has 0 spiro atoms. The first kappa shape index (κ1) is 36.5. The number of halogens is 1. The van der Waals surface area contributed by atoms with E-state index in [0.29, 0.717) is 5.56 Å². The van der Waals surface area contributed by atoms with Crippen LogP contribution in [0.2, 0.25) is 0 Å². The van der Waals surface area contributed by atoms with Crippen molar-refractivity contribution in [1.29, 1.82) is 0 Å². The second kappa shape index (κ2) is 16.2. The second-order valence-electron chi connectivity index (χ2n) is 12.2. The number of amides is 2. The molecule has 0 aliphatic rings. The maximum atomic E-state index is 14.7. The molecule has 2 amide bonds. The zero-order valence-corrected chi connectivity index (χ0v) is 29.5. The molecule has 0 radical (unpaired) electrons. The summed E-state index contributed by atoms with van der Waals surface area (Å²) in [5, 5.41) is 3.00. The summed E-state index contributed by atoms with van der Waals surface area (Å²) in [7, 11) is -4.31. The van der Waals surface area contributed by atoms with Crippen LogP contribution in [0.15, 0.2) is 113 Å². The second-order valence-corrected chi connectivity index (χ2v) is 14.9. The number of para-hydroxylation sites is 2. The Labute approximate surface area is 287 Å². The molecule has 1 unspecified atom stereocenters. The predicted molar refractivity (Wildman–Crippen MR) is 189 cm³/mol. The Morgan fingerprint density at radius 2 is 1.50 bits per heavy atom. The van der Waals surface area contributed by atoms with Gasteiger partial charge in [-0.2, -0.15) is 0 Å². The largest absolute Gasteiger partial charge is 0.492 e. The highest BCUT2D eigenvalue weighted by atomic mass is 32.2. The molecule has 1 atom stereocenters. The minimum Gasteiger partial charge on any atom is -0.492 e. The van der Waals surface area contributed by atoms with E-state index >= 15 is 0 Å². The molecule has 0 saturated heterocycles. The molecule has 0 aromatic heterocycles. The summed E-state index contributed by atoms with van der Waals surface area (Å²) in [6.45, 7) is 6.88. The molecule has 0 heterocycles. The molecular weight excluding hydrogens is 650 g/mol. The number of anilines is 1. The van der Waals surface area contributed by atoms with Crippen LogP contribution in [0.1, 0.15) is 38.8 Å². The van der Waals surface area contributed by atoms with Gasteiger partial charge in [0.2, 0.25) is 11.8 Å². The zero-order valence-electron chi connectivity index (χ0n) is 27.9. The number of sulfonamides is 1. The lowest BCUT2D eigenvalue weighted by Crippen LogP contribution is -2.56. The topological polar surface area (TPSA) is 96.0 Å². The molecule has 48 heavy (non-hydrogen) atoms. The monoisotopic (exact) mass is 691 g/mol. The van der Waals surface area contributed by atoms with Crippen molar-refractivity contribution < 1.29 is 27.1 Å². The zero-order chi connectivity index (χ0) is 34.9. The fourth-order valence-electron chi connectivity index (χ4n) is 5.12. The summed E-state index contributed by atoms with van der Waals surface area (Å²) >= 11 is 1.48. The Kier molecular flexibility index (Phi) is 12.3. The number of hydrogen-bond acceptors (Lipinski definition) is 6. The van der Waals surface area contributed by atoms with Gasteiger partial charge in [-0.25, -0.2) is 12.8 Å². The van der Waals surface area contributed by atoms with Gasteiger partial charge in [-0.1, -0.05) is 54.6 Å². The van der Waals surface area contributed by atoms with E-state index in [-0.39, 0.29) is 35.9 Å². The van der Waals surface area contributed by atoms with Crippen molar-refractivity contribution in [3.63, 3.8) is 0 Å². The van der Waals surface area contributed by atoms with Gasteiger partial charge in [0, 0.05) is 23.4 Å². The molecule has 4 rings (SSSR count). The van der Waals surface area contributed by atoms with Gasteiger partial charge in [-0.3, -0.25) is 13.9 Å². The Balaban J connectivity index is 1.85. The average molecular weight is 692 g/mol. The molecule has 0 bridgehead atoms. The van der Waals surface area contributed by atoms with Gasteiger partial charge in [0.05, 0.1) is 17.2 Å². The number of nitrogens with zero attached hydrogens (tertiary/aromatic N) is 2. The smallest absolute Gasteiger partial charge is 0.264 e. The number of rotatable bonds is 14. The predicted octanol–water partition coefficient (Wildman–Crippen LogP) is 6.70. The first-order chi connectivity index (χ1) is 22.8. The van der Waals surface area contributed by atoms with E-state index in [4.69, 9.17) is 4.74 Å². The van der Waals surface area contributed by atoms with Crippen molar-refractivity contribution >= 4 is 39.3 Å². The molecule has 0 aliphatic carbocycles. The van der Waals surface area contributed by atoms with E-state index in [1.165, 1.54) is 40.9 Å². The van der Waals surface area contributed by atoms with Crippen molar-refractivity contribution in [3.05, 3.63) is 120 Å². The molecule has 11 heteroatoms. The molecule has 0 aliphatic heterocycles. The number of benzene rings is 4. The van der Waals surface area contributed by atoms with E-state index in [1.54, 1.807) is 55.5 Å². The summed E-state index contributed by atoms with van der Waals surface area (Å²) in [4.78, 5) is 30.9. The number of carbonyl (C=O) groups is 2. The van der Waals surface area contributed by atoms with Crippen molar-refractivity contribution in [2.75, 3.05) is 23.7 Å². The van der Waals surface area contributed by atoms with Crippen LogP contribution in [0.3, 0.4) is 0 Å². The maximum absolute atomic E-state index is 14.7. The summed E-state index contributed by atoms with van der Waals surface area (Å²) in [5.41, 5.74) is 0.944. The van der Waals surface area contributed by atoms with E-state index in [0.717, 1.165) is 14.8 Å². The summed E-state index contributed by atoms with van der Waals surface area (Å²) in [5.74, 6) is -1.19. The number of thioether (sulfide) groups is 1. The van der Waals surface area contributed by atoms with Gasteiger partial charge < -0.3 is 15.0 Å². The first-order valence-electron chi connectivity index (χ1n) is 15.6. The van der Waals surface area contributed by atoms with Crippen molar-refractivity contribution in [1.82, 2.24) is 10.2 Å². The minimum atomic E-state index is -4.31. The Morgan fingerprint density at radius 3 is 2.10 bits per heavy atom. The molecule has 254 valence electrons. The summed E-state index contributed by atoms with van der Waals surface area (Å²) in [6, 6.07) is 27.0. The maximum Gasteiger partial charge on any atom is 0.264 e. The molecule has 4 aromatic carbocycles. The van der Waals surface area contributed by atoms with Gasteiger partial charge in [0.25, 0.3) is 10.0 Å². The third kappa shape index (κ3) is 9.60. The fourth-order valence-corrected chi connectivity index (χ4v) is 6.96. The van der Waals surface area contributed by atoms with Crippen molar-refractivity contribution in [2.24, 2.45) is 0 Å². The van der Waals surface area contributed by atoms with Crippen LogP contribution in [0.25, 0.3) is 0 Å². The number of ether oxygens (including phenoxy) is 1. The number of hydrogen-bond donors (Lipinski definition) is 1. The Hall–Kier alpha value is -4.35. The molecule has 1 N–H and O–H groups in total. The number of nitrogens with one attached hydrogen (secondary N) is 1. The quantitative estimate of drug-likeness (QED) is 0.148. The van der Waals surface area contributed by atoms with Crippen LogP contribution in [0, 0.1) is 5.82 Å². The summed E-state index contributed by atoms with van der Waals surface area (Å²) < 4.78 is 49.6. The fraction of sp³-hybridized carbons (Fsp3) is 0.297. The standard InChI is InChI=1S/C37H42FN3O5S2/c1-6-46-34-15-11-10-14-32(34)41(48(44,45)31-22-20-30(47-5)21-23-31)26-35(42)40(25-28-16-18-29(38)19-17-28)33(36(43)39-37(2,3)4)24-27-12-8-7-9-13-27/h7-23,33H,6,24-26H2,1-5H3,(H,39,43). The highest BCUT2D eigenvalue weighted by Gasteiger charge is 2.36. The van der Waals surface area contributed by atoms with Crippen LogP contribution >= 0.6 is 11.8 Å². The Morgan fingerprint density at radius 1 is 0.875 bits per heavy atom. The van der Waals surface area contributed by atoms with Gasteiger partial charge in [-0.15, -0.1) is 11.8 Å². The molecule has 4 aromatic rings. The third-order valence-electron chi connectivity index (χ3n) is 7.40. The van der Waals surface area contributed by atoms with Crippen molar-refractivity contribution in [3.8, 4) is 5.75 Å². The van der Waals surface area contributed by atoms with Gasteiger partial charge >= 0.3 is 0 Å². The number of carbonyl (C=O) groups excluding carboxylic acids is 2. The van der Waals surface area contributed by atoms with Crippen molar-refractivity contribution in [2.45, 2.75) is 62.0 Å². The average Bonchev–Trinajstić information content (AvgIpc) is 3.06. The minimum absolute atomic E-state index is 0.00389. The van der Waals surface area contributed by atoms with Crippen LogP contribution in [-0.4, -0.2) is 56.1 Å². The molecule has 8 nitrogen and oxygen atoms in total. The lowest BCUT2D eigenvalue weighted by Gasteiger charge is -2.35. The van der Waals surface area contributed by atoms with E-state index < -0.39 is 45.8 Å². The molecular formula is C37H42FN3O5S2. The normalized spacial score (nSPS) is 12.2. The SMILES string of the molecule is CCOc1ccccc1N(CC(=O)N(Cc1ccc(F)cc1)C(Cc1ccccc1)C(=O)NC(C)(C)C)S(=O)(=O)c1ccc(SC)cc1. The highest BCUT2D eigenvalue weighted by Crippen LogP contribution is 2.33. The van der Waals surface area contributed by atoms with E-state index in [1.807, 2.05) is 57.4 Å².